The van der Waals surface area contributed by atoms with E-state index in [9.17, 15) is 18.0 Å². The van der Waals surface area contributed by atoms with Crippen LogP contribution in [0, 0.1) is 0 Å². The van der Waals surface area contributed by atoms with Crippen LogP contribution in [0.25, 0.3) is 0 Å². The summed E-state index contributed by atoms with van der Waals surface area (Å²) in [5.74, 6) is -0.404. The van der Waals surface area contributed by atoms with Crippen molar-refractivity contribution in [3.8, 4) is 0 Å². The number of carbonyl (C=O) groups excluding carboxylic acids is 2. The molecule has 0 radical (unpaired) electrons. The Balaban J connectivity index is 1.32. The number of amides is 2. The fourth-order valence-electron chi connectivity index (χ4n) is 4.84. The minimum Gasteiger partial charge on any atom is -0.322 e. The summed E-state index contributed by atoms with van der Waals surface area (Å²) in [6, 6.07) is 20.9. The van der Waals surface area contributed by atoms with Crippen LogP contribution in [0.1, 0.15) is 52.0 Å². The Bertz CT molecular complexity index is 1370. The lowest BCUT2D eigenvalue weighted by atomic mass is 10.00. The van der Waals surface area contributed by atoms with Gasteiger partial charge in [0.25, 0.3) is 11.8 Å². The number of hydrogen-bond donors (Lipinski definition) is 1. The van der Waals surface area contributed by atoms with Crippen molar-refractivity contribution in [2.45, 2.75) is 37.0 Å². The van der Waals surface area contributed by atoms with Crippen LogP contribution < -0.4 is 10.2 Å². The highest BCUT2D eigenvalue weighted by Crippen LogP contribution is 2.31. The number of anilines is 2. The Morgan fingerprint density at radius 3 is 2.19 bits per heavy atom. The van der Waals surface area contributed by atoms with Gasteiger partial charge in [0.05, 0.1) is 4.90 Å². The average Bonchev–Trinajstić information content (AvgIpc) is 2.93. The van der Waals surface area contributed by atoms with Crippen molar-refractivity contribution in [1.82, 2.24) is 4.31 Å². The SMILES string of the molecule is O=C(Nc1ccc2c(c1)N(C(=O)c1ccccc1)CCC2)c1ccc(S(=O)(=O)N2CCCCC2)cc1. The van der Waals surface area contributed by atoms with Crippen LogP contribution in [0.2, 0.25) is 0 Å². The number of aryl methyl sites for hydroxylation is 1. The van der Waals surface area contributed by atoms with E-state index in [-0.39, 0.29) is 16.7 Å². The predicted octanol–water partition coefficient (Wildman–Crippen LogP) is 4.71. The molecule has 5 rings (SSSR count). The van der Waals surface area contributed by atoms with E-state index in [0.717, 1.165) is 43.4 Å². The largest absolute Gasteiger partial charge is 0.322 e. The summed E-state index contributed by atoms with van der Waals surface area (Å²) in [6.45, 7) is 1.68. The zero-order chi connectivity index (χ0) is 25.1. The van der Waals surface area contributed by atoms with Crippen molar-refractivity contribution >= 4 is 33.2 Å². The summed E-state index contributed by atoms with van der Waals surface area (Å²) in [6.07, 6.45) is 4.54. The van der Waals surface area contributed by atoms with Crippen molar-refractivity contribution < 1.29 is 18.0 Å². The lowest BCUT2D eigenvalue weighted by Gasteiger charge is -2.30. The van der Waals surface area contributed by atoms with Gasteiger partial charge in [-0.3, -0.25) is 9.59 Å². The molecule has 0 aromatic heterocycles. The molecule has 3 aromatic carbocycles. The predicted molar refractivity (Wildman–Crippen MR) is 140 cm³/mol. The van der Waals surface area contributed by atoms with Gasteiger partial charge in [0, 0.05) is 42.1 Å². The molecule has 2 heterocycles. The molecule has 0 aliphatic carbocycles. The first-order chi connectivity index (χ1) is 17.4. The molecular formula is C28H29N3O4S. The first-order valence-electron chi connectivity index (χ1n) is 12.3. The standard InChI is InChI=1S/C28H29N3O4S/c32-27(22-12-15-25(16-13-22)36(34,35)30-17-5-2-6-18-30)29-24-14-11-21-10-7-19-31(26(21)20-24)28(33)23-8-3-1-4-9-23/h1,3-4,8-9,11-16,20H,2,5-7,10,17-19H2,(H,29,32). The topological polar surface area (TPSA) is 86.8 Å². The average molecular weight is 504 g/mol. The minimum absolute atomic E-state index is 0.0643. The number of piperidine rings is 1. The maximum atomic E-state index is 13.1. The first kappa shape index (κ1) is 24.2. The van der Waals surface area contributed by atoms with Crippen LogP contribution in [0.5, 0.6) is 0 Å². The molecule has 7 nitrogen and oxygen atoms in total. The van der Waals surface area contributed by atoms with Gasteiger partial charge in [-0.05, 0) is 79.8 Å². The second-order valence-electron chi connectivity index (χ2n) is 9.21. The molecule has 1 fully saturated rings. The molecule has 0 spiro atoms. The number of nitrogens with one attached hydrogen (secondary N) is 1. The van der Waals surface area contributed by atoms with Gasteiger partial charge in [-0.1, -0.05) is 30.7 Å². The Kier molecular flexibility index (Phi) is 6.89. The number of fused-ring (bicyclic) bond motifs is 1. The normalized spacial score (nSPS) is 16.3. The number of nitrogens with zero attached hydrogens (tertiary/aromatic N) is 2. The Morgan fingerprint density at radius 1 is 0.750 bits per heavy atom. The number of carbonyl (C=O) groups is 2. The van der Waals surface area contributed by atoms with E-state index >= 15 is 0 Å². The van der Waals surface area contributed by atoms with Crippen LogP contribution in [0.4, 0.5) is 11.4 Å². The van der Waals surface area contributed by atoms with Crippen LogP contribution >= 0.6 is 0 Å². The smallest absolute Gasteiger partial charge is 0.258 e. The van der Waals surface area contributed by atoms with Crippen molar-refractivity contribution in [2.75, 3.05) is 29.9 Å². The van der Waals surface area contributed by atoms with Crippen molar-refractivity contribution in [3.05, 3.63) is 89.5 Å². The third kappa shape index (κ3) is 4.92. The van der Waals surface area contributed by atoms with Crippen LogP contribution in [0.15, 0.2) is 77.7 Å². The molecule has 0 saturated carbocycles. The fourth-order valence-corrected chi connectivity index (χ4v) is 6.35. The summed E-state index contributed by atoms with van der Waals surface area (Å²) in [5.41, 5.74) is 3.44. The molecule has 2 aliphatic rings. The monoisotopic (exact) mass is 503 g/mol. The molecule has 8 heteroatoms. The van der Waals surface area contributed by atoms with Gasteiger partial charge in [-0.25, -0.2) is 8.42 Å². The third-order valence-corrected chi connectivity index (χ3v) is 8.71. The highest BCUT2D eigenvalue weighted by molar-refractivity contribution is 7.89. The van der Waals surface area contributed by atoms with Crippen molar-refractivity contribution in [3.63, 3.8) is 0 Å². The van der Waals surface area contributed by atoms with Crippen molar-refractivity contribution in [1.29, 1.82) is 0 Å². The molecular weight excluding hydrogens is 474 g/mol. The molecule has 2 aliphatic heterocycles. The minimum atomic E-state index is -3.55. The quantitative estimate of drug-likeness (QED) is 0.547. The summed E-state index contributed by atoms with van der Waals surface area (Å²) in [4.78, 5) is 28.0. The van der Waals surface area contributed by atoms with Gasteiger partial charge in [-0.2, -0.15) is 4.31 Å². The van der Waals surface area contributed by atoms with E-state index in [0.29, 0.717) is 36.4 Å². The number of benzene rings is 3. The van der Waals surface area contributed by atoms with Gasteiger partial charge in [0.1, 0.15) is 0 Å². The molecule has 0 unspecified atom stereocenters. The maximum Gasteiger partial charge on any atom is 0.258 e. The summed E-state index contributed by atoms with van der Waals surface area (Å²) < 4.78 is 27.3. The van der Waals surface area contributed by atoms with E-state index in [2.05, 4.69) is 5.32 Å². The fraction of sp³-hybridized carbons (Fsp3) is 0.286. The first-order valence-corrected chi connectivity index (χ1v) is 13.8. The van der Waals surface area contributed by atoms with E-state index in [4.69, 9.17) is 0 Å². The molecule has 0 atom stereocenters. The van der Waals surface area contributed by atoms with Crippen LogP contribution in [0.3, 0.4) is 0 Å². The third-order valence-electron chi connectivity index (χ3n) is 6.80. The van der Waals surface area contributed by atoms with Gasteiger partial charge in [0.2, 0.25) is 10.0 Å². The molecule has 36 heavy (non-hydrogen) atoms. The van der Waals surface area contributed by atoms with Crippen molar-refractivity contribution in [2.24, 2.45) is 0 Å². The zero-order valence-electron chi connectivity index (χ0n) is 20.0. The Hall–Kier alpha value is -3.49. The van der Waals surface area contributed by atoms with E-state index < -0.39 is 10.0 Å². The lowest BCUT2D eigenvalue weighted by molar-refractivity contribution is 0.0984. The second kappa shape index (κ2) is 10.2. The highest BCUT2D eigenvalue weighted by Gasteiger charge is 2.26. The van der Waals surface area contributed by atoms with Gasteiger partial charge >= 0.3 is 0 Å². The molecule has 186 valence electrons. The zero-order valence-corrected chi connectivity index (χ0v) is 20.8. The summed E-state index contributed by atoms with van der Waals surface area (Å²) in [7, 11) is -3.55. The van der Waals surface area contributed by atoms with Gasteiger partial charge in [0.15, 0.2) is 0 Å². The van der Waals surface area contributed by atoms with Gasteiger partial charge in [-0.15, -0.1) is 0 Å². The highest BCUT2D eigenvalue weighted by atomic mass is 32.2. The van der Waals surface area contributed by atoms with Gasteiger partial charge < -0.3 is 10.2 Å². The number of hydrogen-bond acceptors (Lipinski definition) is 4. The summed E-state index contributed by atoms with van der Waals surface area (Å²) >= 11 is 0. The van der Waals surface area contributed by atoms with E-state index in [1.807, 2.05) is 36.4 Å². The maximum absolute atomic E-state index is 13.1. The molecule has 3 aromatic rings. The van der Waals surface area contributed by atoms with E-state index in [1.165, 1.54) is 28.6 Å². The number of sulfonamides is 1. The molecule has 1 N–H and O–H groups in total. The second-order valence-corrected chi connectivity index (χ2v) is 11.2. The Labute approximate surface area is 211 Å². The molecule has 0 bridgehead atoms. The van der Waals surface area contributed by atoms with Crippen LogP contribution in [-0.2, 0) is 16.4 Å². The van der Waals surface area contributed by atoms with E-state index in [1.54, 1.807) is 17.0 Å². The number of rotatable bonds is 5. The molecule has 1 saturated heterocycles. The lowest BCUT2D eigenvalue weighted by Crippen LogP contribution is -2.35. The Morgan fingerprint density at radius 2 is 1.47 bits per heavy atom. The summed E-state index contributed by atoms with van der Waals surface area (Å²) in [5, 5.41) is 2.89. The molecule has 2 amide bonds. The van der Waals surface area contributed by atoms with Crippen LogP contribution in [-0.4, -0.2) is 44.2 Å².